The predicted octanol–water partition coefficient (Wildman–Crippen LogP) is 0.797. The van der Waals surface area contributed by atoms with Crippen molar-refractivity contribution in [1.29, 1.82) is 0 Å². The summed E-state index contributed by atoms with van der Waals surface area (Å²) in [6.07, 6.45) is 3.01. The molecular formula is C9H11NO4. The van der Waals surface area contributed by atoms with Crippen LogP contribution in [0.5, 0.6) is 0 Å². The number of rotatable bonds is 3. The number of nitrogens with zero attached hydrogens (tertiary/aromatic N) is 1. The lowest BCUT2D eigenvalue weighted by molar-refractivity contribution is -0.152. The third-order valence-corrected chi connectivity index (χ3v) is 1.73. The summed E-state index contributed by atoms with van der Waals surface area (Å²) in [5.74, 6) is -0.820. The Balaban J connectivity index is 2.41. The van der Waals surface area contributed by atoms with Gasteiger partial charge in [-0.3, -0.25) is 4.79 Å². The molecule has 0 radical (unpaired) electrons. The molecule has 0 fully saturated rings. The van der Waals surface area contributed by atoms with Gasteiger partial charge in [0.15, 0.2) is 5.78 Å². The summed E-state index contributed by atoms with van der Waals surface area (Å²) >= 11 is 0. The Morgan fingerprint density at radius 2 is 2.21 bits per heavy atom. The highest BCUT2D eigenvalue weighted by atomic mass is 16.7. The molecule has 0 aliphatic carbocycles. The van der Waals surface area contributed by atoms with E-state index in [0.29, 0.717) is 6.42 Å². The van der Waals surface area contributed by atoms with E-state index in [1.165, 1.54) is 20.1 Å². The Bertz CT molecular complexity index is 298. The van der Waals surface area contributed by atoms with E-state index in [-0.39, 0.29) is 11.5 Å². The predicted molar refractivity (Wildman–Crippen MR) is 48.5 cm³/mol. The van der Waals surface area contributed by atoms with Crippen molar-refractivity contribution in [3.63, 3.8) is 0 Å². The number of ketones is 1. The van der Waals surface area contributed by atoms with Crippen molar-refractivity contribution in [2.45, 2.75) is 26.4 Å². The van der Waals surface area contributed by atoms with Crippen molar-refractivity contribution >= 4 is 17.5 Å². The molecule has 1 unspecified atom stereocenters. The topological polar surface area (TPSA) is 65.0 Å². The van der Waals surface area contributed by atoms with Crippen molar-refractivity contribution in [3.8, 4) is 0 Å². The van der Waals surface area contributed by atoms with E-state index in [2.05, 4.69) is 9.99 Å². The van der Waals surface area contributed by atoms with Crippen LogP contribution in [0.25, 0.3) is 0 Å². The molecule has 0 aromatic rings. The van der Waals surface area contributed by atoms with E-state index < -0.39 is 12.1 Å². The summed E-state index contributed by atoms with van der Waals surface area (Å²) in [6, 6.07) is 0. The molecule has 0 bridgehead atoms. The third kappa shape index (κ3) is 2.69. The first-order valence-corrected chi connectivity index (χ1v) is 4.18. The fourth-order valence-corrected chi connectivity index (χ4v) is 0.773. The van der Waals surface area contributed by atoms with Gasteiger partial charge in [-0.1, -0.05) is 5.16 Å². The van der Waals surface area contributed by atoms with E-state index in [4.69, 9.17) is 4.74 Å². The molecule has 0 aromatic carbocycles. The zero-order valence-corrected chi connectivity index (χ0v) is 8.02. The van der Waals surface area contributed by atoms with E-state index in [1.54, 1.807) is 6.08 Å². The summed E-state index contributed by atoms with van der Waals surface area (Å²) in [7, 11) is 0. The molecule has 5 nitrogen and oxygen atoms in total. The molecule has 0 spiro atoms. The monoisotopic (exact) mass is 197 g/mol. The van der Waals surface area contributed by atoms with Gasteiger partial charge in [-0.05, 0) is 13.0 Å². The maximum absolute atomic E-state index is 11.2. The van der Waals surface area contributed by atoms with Gasteiger partial charge < -0.3 is 9.57 Å². The van der Waals surface area contributed by atoms with Crippen LogP contribution in [-0.4, -0.2) is 23.6 Å². The average Bonchev–Trinajstić information content (AvgIpc) is 2.66. The Kier molecular flexibility index (Phi) is 3.39. The first kappa shape index (κ1) is 10.4. The highest BCUT2D eigenvalue weighted by Crippen LogP contribution is 2.10. The number of ether oxygens (including phenoxy) is 1. The van der Waals surface area contributed by atoms with Crippen LogP contribution in [0.1, 0.15) is 20.3 Å². The van der Waals surface area contributed by atoms with E-state index in [1.807, 2.05) is 0 Å². The summed E-state index contributed by atoms with van der Waals surface area (Å²) in [5, 5.41) is 3.38. The van der Waals surface area contributed by atoms with Gasteiger partial charge in [0.2, 0.25) is 6.10 Å². The molecule has 0 saturated heterocycles. The number of carbonyl (C=O) groups is 2. The minimum Gasteiger partial charge on any atom is -0.486 e. The van der Waals surface area contributed by atoms with Crippen LogP contribution in [0.15, 0.2) is 17.5 Å². The molecular weight excluding hydrogens is 186 g/mol. The van der Waals surface area contributed by atoms with Crippen LogP contribution in [-0.2, 0) is 19.2 Å². The fraction of sp³-hybridized carbons (Fsp3) is 0.444. The van der Waals surface area contributed by atoms with Crippen LogP contribution >= 0.6 is 0 Å². The van der Waals surface area contributed by atoms with Gasteiger partial charge in [0.25, 0.3) is 0 Å². The number of carbonyl (C=O) groups excluding carboxylic acids is 2. The van der Waals surface area contributed by atoms with E-state index in [9.17, 15) is 9.59 Å². The number of Topliss-reactive ketones (excluding diaryl/α,β-unsaturated/α-hetero) is 1. The SMILES string of the molecule is CC(=O)/C(C)=N\OC(=O)C1CC=CO1. The summed E-state index contributed by atoms with van der Waals surface area (Å²) in [5.41, 5.74) is 0.157. The highest BCUT2D eigenvalue weighted by molar-refractivity contribution is 6.37. The first-order chi connectivity index (χ1) is 6.61. The van der Waals surface area contributed by atoms with Gasteiger partial charge in [0.05, 0.1) is 6.26 Å². The second-order valence-corrected chi connectivity index (χ2v) is 2.88. The van der Waals surface area contributed by atoms with Gasteiger partial charge in [0.1, 0.15) is 5.71 Å². The average molecular weight is 197 g/mol. The highest BCUT2D eigenvalue weighted by Gasteiger charge is 2.23. The third-order valence-electron chi connectivity index (χ3n) is 1.73. The lowest BCUT2D eigenvalue weighted by Gasteiger charge is -2.05. The summed E-state index contributed by atoms with van der Waals surface area (Å²) < 4.78 is 4.90. The molecule has 1 aliphatic rings. The van der Waals surface area contributed by atoms with Crippen LogP contribution in [0, 0.1) is 0 Å². The number of hydrogen-bond acceptors (Lipinski definition) is 5. The molecule has 76 valence electrons. The van der Waals surface area contributed by atoms with E-state index >= 15 is 0 Å². The molecule has 0 saturated carbocycles. The molecule has 0 N–H and O–H groups in total. The van der Waals surface area contributed by atoms with Gasteiger partial charge in [-0.15, -0.1) is 0 Å². The molecule has 1 rings (SSSR count). The molecule has 1 atom stereocenters. The largest absolute Gasteiger partial charge is 0.486 e. The molecule has 1 heterocycles. The van der Waals surface area contributed by atoms with Crippen LogP contribution in [0.3, 0.4) is 0 Å². The fourth-order valence-electron chi connectivity index (χ4n) is 0.773. The Morgan fingerprint density at radius 1 is 1.50 bits per heavy atom. The smallest absolute Gasteiger partial charge is 0.375 e. The Hall–Kier alpha value is -1.65. The van der Waals surface area contributed by atoms with Crippen molar-refractivity contribution in [1.82, 2.24) is 0 Å². The molecule has 0 amide bonds. The maximum Gasteiger partial charge on any atom is 0.375 e. The van der Waals surface area contributed by atoms with Gasteiger partial charge in [0, 0.05) is 13.3 Å². The molecule has 1 aliphatic heterocycles. The van der Waals surface area contributed by atoms with Gasteiger partial charge in [-0.2, -0.15) is 0 Å². The van der Waals surface area contributed by atoms with Crippen LogP contribution in [0.2, 0.25) is 0 Å². The van der Waals surface area contributed by atoms with Crippen molar-refractivity contribution in [3.05, 3.63) is 12.3 Å². The molecule has 0 aromatic heterocycles. The zero-order chi connectivity index (χ0) is 10.6. The standard InChI is InChI=1S/C9H11NO4/c1-6(7(2)11)10-14-9(12)8-4-3-5-13-8/h3,5,8H,4H2,1-2H3/b10-6-. The van der Waals surface area contributed by atoms with Gasteiger partial charge in [-0.25, -0.2) is 4.79 Å². The second kappa shape index (κ2) is 4.55. The number of oxime groups is 1. The minimum atomic E-state index is -0.626. The lowest BCUT2D eigenvalue weighted by Crippen LogP contribution is -2.21. The normalized spacial score (nSPS) is 20.4. The maximum atomic E-state index is 11.2. The summed E-state index contributed by atoms with van der Waals surface area (Å²) in [4.78, 5) is 26.4. The number of hydrogen-bond donors (Lipinski definition) is 0. The Labute approximate surface area is 81.4 Å². The zero-order valence-electron chi connectivity index (χ0n) is 8.02. The summed E-state index contributed by atoms with van der Waals surface area (Å²) in [6.45, 7) is 2.82. The second-order valence-electron chi connectivity index (χ2n) is 2.88. The minimum absolute atomic E-state index is 0.157. The van der Waals surface area contributed by atoms with Crippen molar-refractivity contribution in [2.24, 2.45) is 5.16 Å². The van der Waals surface area contributed by atoms with Gasteiger partial charge >= 0.3 is 5.97 Å². The van der Waals surface area contributed by atoms with Crippen molar-refractivity contribution < 1.29 is 19.2 Å². The molecule has 14 heavy (non-hydrogen) atoms. The van der Waals surface area contributed by atoms with Crippen LogP contribution in [0.4, 0.5) is 0 Å². The lowest BCUT2D eigenvalue weighted by atomic mass is 10.3. The first-order valence-electron chi connectivity index (χ1n) is 4.18. The van der Waals surface area contributed by atoms with Crippen LogP contribution < -0.4 is 0 Å². The van der Waals surface area contributed by atoms with Crippen molar-refractivity contribution in [2.75, 3.05) is 0 Å². The van der Waals surface area contributed by atoms with E-state index in [0.717, 1.165) is 0 Å². The Morgan fingerprint density at radius 3 is 2.71 bits per heavy atom. The quantitative estimate of drug-likeness (QED) is 0.381. The molecule has 5 heteroatoms.